The van der Waals surface area contributed by atoms with Gasteiger partial charge in [0.1, 0.15) is 0 Å². The number of carbonyl (C=O) groups excluding carboxylic acids is 1. The minimum Gasteiger partial charge on any atom is -0.396 e. The van der Waals surface area contributed by atoms with Crippen LogP contribution in [0.5, 0.6) is 0 Å². The summed E-state index contributed by atoms with van der Waals surface area (Å²) < 4.78 is 0. The van der Waals surface area contributed by atoms with Crippen LogP contribution in [0.4, 0.5) is 5.69 Å². The summed E-state index contributed by atoms with van der Waals surface area (Å²) in [4.78, 5) is 14.5. The Balaban J connectivity index is 2.39. The van der Waals surface area contributed by atoms with Gasteiger partial charge in [0.25, 0.3) is 0 Å². The number of aliphatic hydroxyl groups is 3. The van der Waals surface area contributed by atoms with Crippen LogP contribution < -0.4 is 4.90 Å². The van der Waals surface area contributed by atoms with Crippen molar-refractivity contribution in [2.45, 2.75) is 72.0 Å². The number of allylic oxidation sites excluding steroid dienone is 3. The molecule has 1 heterocycles. The summed E-state index contributed by atoms with van der Waals surface area (Å²) in [6.45, 7) is 6.05. The lowest BCUT2D eigenvalue weighted by atomic mass is 9.88. The molecule has 1 unspecified atom stereocenters. The van der Waals surface area contributed by atoms with Crippen LogP contribution in [0, 0.1) is 17.8 Å². The second kappa shape index (κ2) is 13.3. The molecule has 6 heteroatoms. The third kappa shape index (κ3) is 8.25. The first-order chi connectivity index (χ1) is 15.7. The Hall–Kier alpha value is -1.66. The van der Waals surface area contributed by atoms with Gasteiger partial charge in [0.15, 0.2) is 0 Å². The molecule has 1 aliphatic heterocycles. The fourth-order valence-electron chi connectivity index (χ4n) is 4.51. The third-order valence-electron chi connectivity index (χ3n) is 6.63. The molecule has 0 saturated carbocycles. The maximum atomic E-state index is 12.9. The van der Waals surface area contributed by atoms with Crippen LogP contribution in [0.15, 0.2) is 35.9 Å². The minimum atomic E-state index is -0.582. The van der Waals surface area contributed by atoms with Gasteiger partial charge in [-0.3, -0.25) is 4.79 Å². The predicted molar refractivity (Wildman–Crippen MR) is 135 cm³/mol. The average molecular weight is 478 g/mol. The highest BCUT2D eigenvalue weighted by Crippen LogP contribution is 2.32. The van der Waals surface area contributed by atoms with Crippen molar-refractivity contribution in [3.8, 4) is 0 Å². The number of halogens is 1. The highest BCUT2D eigenvalue weighted by Gasteiger charge is 2.20. The van der Waals surface area contributed by atoms with Gasteiger partial charge in [-0.1, -0.05) is 55.3 Å². The van der Waals surface area contributed by atoms with E-state index in [0.29, 0.717) is 47.4 Å². The molecule has 4 atom stereocenters. The van der Waals surface area contributed by atoms with E-state index in [0.717, 1.165) is 30.4 Å². The van der Waals surface area contributed by atoms with Crippen LogP contribution in [0.25, 0.3) is 0 Å². The number of hydrogen-bond acceptors (Lipinski definition) is 4. The second-order valence-corrected chi connectivity index (χ2v) is 10.1. The van der Waals surface area contributed by atoms with Crippen LogP contribution in [0.3, 0.4) is 0 Å². The van der Waals surface area contributed by atoms with Crippen molar-refractivity contribution in [3.05, 3.63) is 52.1 Å². The van der Waals surface area contributed by atoms with Crippen molar-refractivity contribution in [3.63, 3.8) is 0 Å². The van der Waals surface area contributed by atoms with Crippen LogP contribution in [0.2, 0.25) is 5.02 Å². The predicted octanol–water partition coefficient (Wildman–Crippen LogP) is 5.05. The molecule has 33 heavy (non-hydrogen) atoms. The lowest BCUT2D eigenvalue weighted by molar-refractivity contribution is -0.118. The standard InChI is InChI=1S/C27H40ClNO4/c1-18-6-5-7-22(16-30)25(32)10-8-19(2)12-20(3)9-11-26(33)29(4)24-15-21(13-18)14-23(17-31)27(24)28/h5-7,14-15,19-20,22,25,30-32H,8-13,16-17H2,1-4H3/t19-,20?,22+,25+/m1/s1. The van der Waals surface area contributed by atoms with Gasteiger partial charge in [-0.15, -0.1) is 0 Å². The molecule has 0 radical (unpaired) electrons. The van der Waals surface area contributed by atoms with Crippen molar-refractivity contribution < 1.29 is 20.1 Å². The topological polar surface area (TPSA) is 81.0 Å². The van der Waals surface area contributed by atoms with E-state index in [9.17, 15) is 20.1 Å². The van der Waals surface area contributed by atoms with E-state index < -0.39 is 6.10 Å². The summed E-state index contributed by atoms with van der Waals surface area (Å²) in [5.74, 6) is 0.516. The zero-order valence-electron chi connectivity index (χ0n) is 20.4. The number of carbonyl (C=O) groups is 1. The summed E-state index contributed by atoms with van der Waals surface area (Å²) in [6, 6.07) is 3.79. The molecule has 2 rings (SSSR count). The van der Waals surface area contributed by atoms with Gasteiger partial charge in [0.2, 0.25) is 5.91 Å². The zero-order valence-corrected chi connectivity index (χ0v) is 21.2. The van der Waals surface area contributed by atoms with Gasteiger partial charge in [0.05, 0.1) is 30.0 Å². The van der Waals surface area contributed by atoms with Gasteiger partial charge in [-0.05, 0) is 68.1 Å². The maximum Gasteiger partial charge on any atom is 0.226 e. The van der Waals surface area contributed by atoms with Crippen LogP contribution in [-0.4, -0.2) is 41.0 Å². The molecule has 0 aromatic heterocycles. The maximum absolute atomic E-state index is 12.9. The molecule has 1 aliphatic rings. The summed E-state index contributed by atoms with van der Waals surface area (Å²) in [6.07, 6.45) is 9.48. The lowest BCUT2D eigenvalue weighted by Crippen LogP contribution is -2.27. The first kappa shape index (κ1) is 27.6. The first-order valence-electron chi connectivity index (χ1n) is 12.0. The molecule has 3 N–H and O–H groups in total. The minimum absolute atomic E-state index is 0.00627. The van der Waals surface area contributed by atoms with E-state index in [2.05, 4.69) is 13.8 Å². The van der Waals surface area contributed by atoms with Crippen molar-refractivity contribution in [1.29, 1.82) is 0 Å². The number of anilines is 1. The largest absolute Gasteiger partial charge is 0.396 e. The lowest BCUT2D eigenvalue weighted by Gasteiger charge is -2.23. The van der Waals surface area contributed by atoms with E-state index in [-0.39, 0.29) is 25.0 Å². The SMILES string of the molecule is CC1=CC=C[C@@H](CO)[C@@H](O)CC[C@@H](C)CC(C)CCC(=O)N(C)c2cc(cc(CO)c2Cl)C1. The number of amides is 1. The van der Waals surface area contributed by atoms with Gasteiger partial charge < -0.3 is 20.2 Å². The number of fused-ring (bicyclic) bond motifs is 2. The quantitative estimate of drug-likeness (QED) is 0.557. The Morgan fingerprint density at radius 3 is 2.48 bits per heavy atom. The average Bonchev–Trinajstić information content (AvgIpc) is 2.78. The molecular formula is C27H40ClNO4. The zero-order chi connectivity index (χ0) is 24.5. The van der Waals surface area contributed by atoms with Gasteiger partial charge in [-0.2, -0.15) is 0 Å². The summed E-state index contributed by atoms with van der Waals surface area (Å²) in [5, 5.41) is 30.5. The van der Waals surface area contributed by atoms with Gasteiger partial charge in [-0.25, -0.2) is 0 Å². The molecule has 1 amide bonds. The van der Waals surface area contributed by atoms with Crippen LogP contribution in [0.1, 0.15) is 64.0 Å². The Labute approximate surface area is 203 Å². The highest BCUT2D eigenvalue weighted by molar-refractivity contribution is 6.34. The van der Waals surface area contributed by atoms with Crippen molar-refractivity contribution in [1.82, 2.24) is 0 Å². The number of aliphatic hydroxyl groups excluding tert-OH is 3. The molecule has 1 aromatic rings. The number of benzene rings is 1. The Morgan fingerprint density at radius 2 is 1.82 bits per heavy atom. The Morgan fingerprint density at radius 1 is 1.12 bits per heavy atom. The Kier molecular flexibility index (Phi) is 11.1. The second-order valence-electron chi connectivity index (χ2n) is 9.75. The van der Waals surface area contributed by atoms with E-state index >= 15 is 0 Å². The van der Waals surface area contributed by atoms with Crippen LogP contribution in [-0.2, 0) is 17.8 Å². The molecule has 0 fully saturated rings. The smallest absolute Gasteiger partial charge is 0.226 e. The van der Waals surface area contributed by atoms with E-state index in [1.165, 1.54) is 0 Å². The van der Waals surface area contributed by atoms with Crippen molar-refractivity contribution in [2.24, 2.45) is 17.8 Å². The number of hydrogen-bond donors (Lipinski definition) is 3. The third-order valence-corrected chi connectivity index (χ3v) is 7.07. The molecule has 0 saturated heterocycles. The Bertz CT molecular complexity index is 851. The number of rotatable bonds is 2. The molecule has 2 bridgehead atoms. The van der Waals surface area contributed by atoms with Gasteiger partial charge in [0, 0.05) is 19.4 Å². The monoisotopic (exact) mass is 477 g/mol. The fourth-order valence-corrected chi connectivity index (χ4v) is 4.81. The summed E-state index contributed by atoms with van der Waals surface area (Å²) in [7, 11) is 1.74. The van der Waals surface area contributed by atoms with E-state index in [1.54, 1.807) is 11.9 Å². The molecule has 0 aliphatic carbocycles. The molecule has 0 spiro atoms. The normalized spacial score (nSPS) is 26.4. The molecule has 5 nitrogen and oxygen atoms in total. The van der Waals surface area contributed by atoms with Crippen molar-refractivity contribution >= 4 is 23.2 Å². The van der Waals surface area contributed by atoms with E-state index in [1.807, 2.05) is 37.3 Å². The first-order valence-corrected chi connectivity index (χ1v) is 12.4. The molecule has 1 aromatic carbocycles. The highest BCUT2D eigenvalue weighted by atomic mass is 35.5. The van der Waals surface area contributed by atoms with Crippen molar-refractivity contribution in [2.75, 3.05) is 18.6 Å². The summed E-state index contributed by atoms with van der Waals surface area (Å²) in [5.41, 5.74) is 3.25. The van der Waals surface area contributed by atoms with Crippen LogP contribution >= 0.6 is 11.6 Å². The molecular weight excluding hydrogens is 438 g/mol. The fraction of sp³-hybridized carbons (Fsp3) is 0.593. The van der Waals surface area contributed by atoms with E-state index in [4.69, 9.17) is 11.6 Å². The summed E-state index contributed by atoms with van der Waals surface area (Å²) >= 11 is 6.53. The number of nitrogens with zero attached hydrogens (tertiary/aromatic N) is 1. The van der Waals surface area contributed by atoms with Gasteiger partial charge >= 0.3 is 0 Å². The molecule has 184 valence electrons.